The fourth-order valence-corrected chi connectivity index (χ4v) is 4.80. The number of carbonyl (C=O) groups excluding carboxylic acids is 2. The number of fused-ring (bicyclic) bond motifs is 1. The van der Waals surface area contributed by atoms with Crippen LogP contribution in [0.15, 0.2) is 42.5 Å². The maximum atomic E-state index is 12.1. The smallest absolute Gasteiger partial charge is 0.319 e. The van der Waals surface area contributed by atoms with Crippen molar-refractivity contribution in [1.29, 1.82) is 0 Å². The Morgan fingerprint density at radius 2 is 1.82 bits per heavy atom. The minimum atomic E-state index is -0.534. The number of nitrogens with two attached hydrogens (primary N) is 1. The van der Waals surface area contributed by atoms with Gasteiger partial charge in [-0.15, -0.1) is 0 Å². The van der Waals surface area contributed by atoms with Crippen LogP contribution in [0.25, 0.3) is 0 Å². The second-order valence-electron chi connectivity index (χ2n) is 8.26. The predicted molar refractivity (Wildman–Crippen MR) is 133 cm³/mol. The summed E-state index contributed by atoms with van der Waals surface area (Å²) in [4.78, 5) is 27.7. The van der Waals surface area contributed by atoms with Gasteiger partial charge in [-0.05, 0) is 68.0 Å². The third-order valence-corrected chi connectivity index (χ3v) is 6.88. The Balaban J connectivity index is 1.70. The Bertz CT molecular complexity index is 970. The summed E-state index contributed by atoms with van der Waals surface area (Å²) in [6.07, 6.45) is 5.12. The summed E-state index contributed by atoms with van der Waals surface area (Å²) in [6.45, 7) is 2.00. The number of carbonyl (C=O) groups is 2. The van der Waals surface area contributed by atoms with Gasteiger partial charge in [-0.1, -0.05) is 47.5 Å². The molecule has 0 saturated heterocycles. The van der Waals surface area contributed by atoms with Crippen molar-refractivity contribution in [3.8, 4) is 0 Å². The van der Waals surface area contributed by atoms with E-state index < -0.39 is 6.03 Å². The molecule has 0 aliphatic heterocycles. The van der Waals surface area contributed by atoms with E-state index >= 15 is 0 Å². The summed E-state index contributed by atoms with van der Waals surface area (Å²) >= 11 is 12.1. The van der Waals surface area contributed by atoms with Crippen molar-refractivity contribution in [2.45, 2.75) is 44.6 Å². The number of primary amides is 1. The van der Waals surface area contributed by atoms with Crippen molar-refractivity contribution < 1.29 is 14.3 Å². The minimum Gasteiger partial charge on any atom is -0.469 e. The zero-order valence-electron chi connectivity index (χ0n) is 18.9. The second kappa shape index (κ2) is 12.3. The van der Waals surface area contributed by atoms with E-state index in [0.29, 0.717) is 34.7 Å². The molecule has 0 spiro atoms. The maximum absolute atomic E-state index is 12.1. The van der Waals surface area contributed by atoms with Crippen molar-refractivity contribution in [3.05, 3.63) is 63.6 Å². The van der Waals surface area contributed by atoms with Gasteiger partial charge < -0.3 is 10.5 Å². The molecule has 1 aliphatic carbocycles. The molecule has 3 rings (SSSR count). The van der Waals surface area contributed by atoms with E-state index in [0.717, 1.165) is 45.2 Å². The molecule has 2 aromatic carbocycles. The Hall–Kier alpha value is -2.28. The topological polar surface area (TPSA) is 75.9 Å². The first-order valence-corrected chi connectivity index (χ1v) is 12.1. The maximum Gasteiger partial charge on any atom is 0.319 e. The van der Waals surface area contributed by atoms with E-state index in [9.17, 15) is 9.59 Å². The number of benzene rings is 2. The monoisotopic (exact) mass is 491 g/mol. The normalized spacial score (nSPS) is 15.2. The number of urea groups is 1. The first kappa shape index (κ1) is 25.3. The molecule has 0 heterocycles. The van der Waals surface area contributed by atoms with Crippen LogP contribution in [-0.4, -0.2) is 43.6 Å². The van der Waals surface area contributed by atoms with E-state index in [1.165, 1.54) is 23.1 Å². The van der Waals surface area contributed by atoms with E-state index in [-0.39, 0.29) is 5.97 Å². The summed E-state index contributed by atoms with van der Waals surface area (Å²) in [5.41, 5.74) is 9.03. The molecule has 0 saturated carbocycles. The second-order valence-corrected chi connectivity index (χ2v) is 9.08. The molecule has 178 valence electrons. The number of esters is 1. The molecule has 6 nitrogen and oxygen atoms in total. The van der Waals surface area contributed by atoms with Gasteiger partial charge in [0.25, 0.3) is 0 Å². The van der Waals surface area contributed by atoms with Crippen LogP contribution in [0.5, 0.6) is 0 Å². The average molecular weight is 492 g/mol. The number of amides is 2. The van der Waals surface area contributed by atoms with Gasteiger partial charge in [0.2, 0.25) is 0 Å². The molecule has 33 heavy (non-hydrogen) atoms. The van der Waals surface area contributed by atoms with Crippen LogP contribution in [0.1, 0.15) is 49.3 Å². The SMILES string of the molecule is COC(=O)CCCN(CCCN(C(N)=O)c1ccc(Cl)c(Cl)c1)C1CCCc2ccccc21. The lowest BCUT2D eigenvalue weighted by Gasteiger charge is -2.36. The number of hydrogen-bond donors (Lipinski definition) is 1. The van der Waals surface area contributed by atoms with Crippen molar-refractivity contribution in [1.82, 2.24) is 4.90 Å². The van der Waals surface area contributed by atoms with Crippen LogP contribution >= 0.6 is 23.2 Å². The zero-order chi connectivity index (χ0) is 23.8. The molecule has 0 bridgehead atoms. The molecule has 0 aromatic heterocycles. The highest BCUT2D eigenvalue weighted by Gasteiger charge is 2.26. The van der Waals surface area contributed by atoms with Gasteiger partial charge in [0.15, 0.2) is 0 Å². The minimum absolute atomic E-state index is 0.196. The number of methoxy groups -OCH3 is 1. The molecule has 2 aromatic rings. The third-order valence-electron chi connectivity index (χ3n) is 6.14. The lowest BCUT2D eigenvalue weighted by Crippen LogP contribution is -2.39. The summed E-state index contributed by atoms with van der Waals surface area (Å²) in [6, 6.07) is 13.4. The molecule has 0 radical (unpaired) electrons. The Morgan fingerprint density at radius 1 is 1.06 bits per heavy atom. The molecule has 8 heteroatoms. The number of halogens is 2. The van der Waals surface area contributed by atoms with Crippen molar-refractivity contribution in [2.24, 2.45) is 5.73 Å². The lowest BCUT2D eigenvalue weighted by molar-refractivity contribution is -0.140. The van der Waals surface area contributed by atoms with E-state index in [4.69, 9.17) is 33.7 Å². The Kier molecular flexibility index (Phi) is 9.41. The highest BCUT2D eigenvalue weighted by molar-refractivity contribution is 6.42. The van der Waals surface area contributed by atoms with Gasteiger partial charge in [0.1, 0.15) is 0 Å². The molecule has 2 amide bonds. The summed E-state index contributed by atoms with van der Waals surface area (Å²) in [7, 11) is 1.42. The molecular weight excluding hydrogens is 461 g/mol. The number of nitrogens with zero attached hydrogens (tertiary/aromatic N) is 2. The number of rotatable bonds is 10. The molecule has 0 fully saturated rings. The standard InChI is InChI=1S/C25H31Cl2N3O3/c1-33-24(31)11-5-14-29(23-10-4-8-18-7-2-3-9-20(18)23)15-6-16-30(25(28)32)19-12-13-21(26)22(27)17-19/h2-3,7,9,12-13,17,23H,4-6,8,10-11,14-16H2,1H3,(H2,28,32). The molecule has 1 aliphatic rings. The zero-order valence-corrected chi connectivity index (χ0v) is 20.4. The first-order chi connectivity index (χ1) is 15.9. The van der Waals surface area contributed by atoms with Gasteiger partial charge in [-0.2, -0.15) is 0 Å². The van der Waals surface area contributed by atoms with Crippen molar-refractivity contribution in [3.63, 3.8) is 0 Å². The quantitative estimate of drug-likeness (QED) is 0.438. The van der Waals surface area contributed by atoms with Gasteiger partial charge in [-0.25, -0.2) is 4.79 Å². The van der Waals surface area contributed by atoms with Crippen LogP contribution in [0.4, 0.5) is 10.5 Å². The van der Waals surface area contributed by atoms with Gasteiger partial charge >= 0.3 is 12.0 Å². The fraction of sp³-hybridized carbons (Fsp3) is 0.440. The predicted octanol–water partition coefficient (Wildman–Crippen LogP) is 5.60. The van der Waals surface area contributed by atoms with Crippen LogP contribution in [0, 0.1) is 0 Å². The van der Waals surface area contributed by atoms with E-state index in [2.05, 4.69) is 29.2 Å². The Labute approximate surface area is 205 Å². The van der Waals surface area contributed by atoms with Crippen LogP contribution in [-0.2, 0) is 16.0 Å². The largest absolute Gasteiger partial charge is 0.469 e. The summed E-state index contributed by atoms with van der Waals surface area (Å²) in [5, 5.41) is 0.807. The van der Waals surface area contributed by atoms with Crippen LogP contribution in [0.3, 0.4) is 0 Å². The third kappa shape index (κ3) is 6.85. The summed E-state index contributed by atoms with van der Waals surface area (Å²) in [5.74, 6) is -0.196. The number of ether oxygens (including phenoxy) is 1. The highest BCUT2D eigenvalue weighted by atomic mass is 35.5. The molecular formula is C25H31Cl2N3O3. The first-order valence-electron chi connectivity index (χ1n) is 11.3. The number of anilines is 1. The van der Waals surface area contributed by atoms with Crippen molar-refractivity contribution in [2.75, 3.05) is 31.6 Å². The molecule has 2 N–H and O–H groups in total. The van der Waals surface area contributed by atoms with Crippen molar-refractivity contribution >= 4 is 40.9 Å². The van der Waals surface area contributed by atoms with E-state index in [1.807, 2.05) is 0 Å². The number of hydrogen-bond acceptors (Lipinski definition) is 4. The molecule has 1 atom stereocenters. The Morgan fingerprint density at radius 3 is 2.55 bits per heavy atom. The van der Waals surface area contributed by atoms with Crippen LogP contribution in [0.2, 0.25) is 10.0 Å². The lowest BCUT2D eigenvalue weighted by atomic mass is 9.86. The number of aryl methyl sites for hydroxylation is 1. The highest BCUT2D eigenvalue weighted by Crippen LogP contribution is 2.34. The molecule has 1 unspecified atom stereocenters. The fourth-order valence-electron chi connectivity index (χ4n) is 4.51. The van der Waals surface area contributed by atoms with Gasteiger partial charge in [0.05, 0.1) is 17.2 Å². The van der Waals surface area contributed by atoms with Gasteiger partial charge in [-0.3, -0.25) is 14.6 Å². The summed E-state index contributed by atoms with van der Waals surface area (Å²) < 4.78 is 4.80. The van der Waals surface area contributed by atoms with Gasteiger partial charge in [0, 0.05) is 31.2 Å². The van der Waals surface area contributed by atoms with Crippen LogP contribution < -0.4 is 10.6 Å². The van der Waals surface area contributed by atoms with E-state index in [1.54, 1.807) is 18.2 Å². The average Bonchev–Trinajstić information content (AvgIpc) is 2.82.